The van der Waals surface area contributed by atoms with E-state index in [0.29, 0.717) is 17.1 Å². The molecular weight excluding hydrogens is 280 g/mol. The molecule has 1 amide bonds. The van der Waals surface area contributed by atoms with E-state index in [1.54, 1.807) is 24.3 Å². The van der Waals surface area contributed by atoms with Crippen LogP contribution in [0.3, 0.4) is 0 Å². The SMILES string of the molecule is CC(C)CC(NCC(=O)Nc1cccc(Cl)c1)C(=O)O. The average Bonchev–Trinajstić information content (AvgIpc) is 2.33. The van der Waals surface area contributed by atoms with Gasteiger partial charge in [0.15, 0.2) is 0 Å². The molecule has 6 heteroatoms. The first-order valence-electron chi connectivity index (χ1n) is 6.40. The Labute approximate surface area is 123 Å². The van der Waals surface area contributed by atoms with Crippen molar-refractivity contribution in [1.82, 2.24) is 5.32 Å². The molecule has 0 heterocycles. The number of benzene rings is 1. The zero-order chi connectivity index (χ0) is 15.1. The van der Waals surface area contributed by atoms with E-state index in [9.17, 15) is 9.59 Å². The topological polar surface area (TPSA) is 78.4 Å². The Balaban J connectivity index is 2.47. The molecule has 0 radical (unpaired) electrons. The van der Waals surface area contributed by atoms with Gasteiger partial charge < -0.3 is 10.4 Å². The van der Waals surface area contributed by atoms with Gasteiger partial charge in [-0.15, -0.1) is 0 Å². The maximum atomic E-state index is 11.7. The number of hydrogen-bond acceptors (Lipinski definition) is 3. The second-order valence-corrected chi connectivity index (χ2v) is 5.40. The number of anilines is 1. The van der Waals surface area contributed by atoms with Gasteiger partial charge >= 0.3 is 5.97 Å². The van der Waals surface area contributed by atoms with Crippen LogP contribution in [0.15, 0.2) is 24.3 Å². The van der Waals surface area contributed by atoms with Crippen LogP contribution in [0.4, 0.5) is 5.69 Å². The van der Waals surface area contributed by atoms with Crippen LogP contribution in [0.25, 0.3) is 0 Å². The van der Waals surface area contributed by atoms with Gasteiger partial charge in [-0.25, -0.2) is 0 Å². The summed E-state index contributed by atoms with van der Waals surface area (Å²) in [7, 11) is 0. The standard InChI is InChI=1S/C14H19ClN2O3/c1-9(2)6-12(14(19)20)16-8-13(18)17-11-5-3-4-10(15)7-11/h3-5,7,9,12,16H,6,8H2,1-2H3,(H,17,18)(H,19,20). The average molecular weight is 299 g/mol. The summed E-state index contributed by atoms with van der Waals surface area (Å²) in [6.45, 7) is 3.81. The summed E-state index contributed by atoms with van der Waals surface area (Å²) < 4.78 is 0. The Morgan fingerprint density at radius 1 is 1.35 bits per heavy atom. The minimum atomic E-state index is -0.950. The van der Waals surface area contributed by atoms with Crippen molar-refractivity contribution in [3.8, 4) is 0 Å². The summed E-state index contributed by atoms with van der Waals surface area (Å²) in [6, 6.07) is 6.05. The third kappa shape index (κ3) is 6.04. The molecule has 110 valence electrons. The molecule has 1 rings (SSSR count). The number of carbonyl (C=O) groups excluding carboxylic acids is 1. The fraction of sp³-hybridized carbons (Fsp3) is 0.429. The number of amides is 1. The van der Waals surface area contributed by atoms with Gasteiger partial charge in [0.1, 0.15) is 6.04 Å². The zero-order valence-corrected chi connectivity index (χ0v) is 12.3. The lowest BCUT2D eigenvalue weighted by atomic mass is 10.0. The number of carbonyl (C=O) groups is 2. The molecule has 0 aliphatic rings. The van der Waals surface area contributed by atoms with Crippen molar-refractivity contribution in [3.05, 3.63) is 29.3 Å². The molecule has 0 saturated carbocycles. The van der Waals surface area contributed by atoms with Gasteiger partial charge in [0, 0.05) is 10.7 Å². The quantitative estimate of drug-likeness (QED) is 0.722. The first-order chi connectivity index (χ1) is 9.38. The Morgan fingerprint density at radius 2 is 2.05 bits per heavy atom. The van der Waals surface area contributed by atoms with Gasteiger partial charge in [0.25, 0.3) is 0 Å². The molecule has 0 aliphatic carbocycles. The van der Waals surface area contributed by atoms with Crippen molar-refractivity contribution in [2.45, 2.75) is 26.3 Å². The molecule has 1 aromatic carbocycles. The van der Waals surface area contributed by atoms with Gasteiger partial charge in [-0.05, 0) is 30.5 Å². The van der Waals surface area contributed by atoms with Crippen molar-refractivity contribution >= 4 is 29.2 Å². The third-order valence-corrected chi connectivity index (χ3v) is 2.86. The molecule has 5 nitrogen and oxygen atoms in total. The molecule has 0 aromatic heterocycles. The van der Waals surface area contributed by atoms with E-state index in [-0.39, 0.29) is 18.4 Å². The monoisotopic (exact) mass is 298 g/mol. The number of aliphatic carboxylic acids is 1. The number of rotatable bonds is 7. The van der Waals surface area contributed by atoms with Crippen LogP contribution >= 0.6 is 11.6 Å². The molecule has 0 aliphatic heterocycles. The van der Waals surface area contributed by atoms with E-state index in [0.717, 1.165) is 0 Å². The molecule has 0 spiro atoms. The molecule has 1 aromatic rings. The number of nitrogens with one attached hydrogen (secondary N) is 2. The van der Waals surface area contributed by atoms with Crippen molar-refractivity contribution < 1.29 is 14.7 Å². The molecule has 0 bridgehead atoms. The van der Waals surface area contributed by atoms with Gasteiger partial charge in [0.05, 0.1) is 6.54 Å². The lowest BCUT2D eigenvalue weighted by molar-refractivity contribution is -0.139. The van der Waals surface area contributed by atoms with Crippen molar-refractivity contribution in [3.63, 3.8) is 0 Å². The third-order valence-electron chi connectivity index (χ3n) is 2.62. The molecule has 1 unspecified atom stereocenters. The van der Waals surface area contributed by atoms with E-state index >= 15 is 0 Å². The van der Waals surface area contributed by atoms with E-state index in [1.165, 1.54) is 0 Å². The number of halogens is 1. The van der Waals surface area contributed by atoms with Crippen molar-refractivity contribution in [2.75, 3.05) is 11.9 Å². The first kappa shape index (κ1) is 16.5. The van der Waals surface area contributed by atoms with Crippen LogP contribution in [0.2, 0.25) is 5.02 Å². The summed E-state index contributed by atoms with van der Waals surface area (Å²) in [4.78, 5) is 22.8. The number of carboxylic acid groups (broad SMARTS) is 1. The van der Waals surface area contributed by atoms with E-state index in [2.05, 4.69) is 10.6 Å². The van der Waals surface area contributed by atoms with Crippen molar-refractivity contribution in [1.29, 1.82) is 0 Å². The van der Waals surface area contributed by atoms with E-state index in [1.807, 2.05) is 13.8 Å². The van der Waals surface area contributed by atoms with Crippen LogP contribution in [-0.2, 0) is 9.59 Å². The molecular formula is C14H19ClN2O3. The maximum absolute atomic E-state index is 11.7. The molecule has 0 saturated heterocycles. The largest absolute Gasteiger partial charge is 0.480 e. The second kappa shape index (κ2) is 7.87. The minimum absolute atomic E-state index is 0.0593. The van der Waals surface area contributed by atoms with Gasteiger partial charge in [-0.2, -0.15) is 0 Å². The molecule has 20 heavy (non-hydrogen) atoms. The fourth-order valence-electron chi connectivity index (χ4n) is 1.73. The highest BCUT2D eigenvalue weighted by atomic mass is 35.5. The van der Waals surface area contributed by atoms with E-state index < -0.39 is 12.0 Å². The highest BCUT2D eigenvalue weighted by molar-refractivity contribution is 6.30. The fourth-order valence-corrected chi connectivity index (χ4v) is 1.92. The Morgan fingerprint density at radius 3 is 2.60 bits per heavy atom. The summed E-state index contributed by atoms with van der Waals surface area (Å²) >= 11 is 5.81. The Bertz CT molecular complexity index is 477. The second-order valence-electron chi connectivity index (χ2n) is 4.96. The summed E-state index contributed by atoms with van der Waals surface area (Å²) in [5.41, 5.74) is 0.583. The van der Waals surface area contributed by atoms with Crippen LogP contribution < -0.4 is 10.6 Å². The lowest BCUT2D eigenvalue weighted by Gasteiger charge is -2.16. The Hall–Kier alpha value is -1.59. The van der Waals surface area contributed by atoms with E-state index in [4.69, 9.17) is 16.7 Å². The smallest absolute Gasteiger partial charge is 0.320 e. The summed E-state index contributed by atoms with van der Waals surface area (Å²) in [5, 5.41) is 15.0. The van der Waals surface area contributed by atoms with Crippen LogP contribution in [0.5, 0.6) is 0 Å². The molecule has 3 N–H and O–H groups in total. The summed E-state index contributed by atoms with van der Waals surface area (Å²) in [6.07, 6.45) is 0.472. The predicted molar refractivity (Wildman–Crippen MR) is 79.0 cm³/mol. The summed E-state index contributed by atoms with van der Waals surface area (Å²) in [5.74, 6) is -1.02. The van der Waals surface area contributed by atoms with Gasteiger partial charge in [-0.3, -0.25) is 14.9 Å². The number of carboxylic acids is 1. The normalized spacial score (nSPS) is 12.2. The lowest BCUT2D eigenvalue weighted by Crippen LogP contribution is -2.42. The van der Waals surface area contributed by atoms with Crippen molar-refractivity contribution in [2.24, 2.45) is 5.92 Å². The van der Waals surface area contributed by atoms with Crippen LogP contribution in [0.1, 0.15) is 20.3 Å². The maximum Gasteiger partial charge on any atom is 0.320 e. The first-order valence-corrected chi connectivity index (χ1v) is 6.78. The minimum Gasteiger partial charge on any atom is -0.480 e. The zero-order valence-electron chi connectivity index (χ0n) is 11.5. The molecule has 0 fully saturated rings. The Kier molecular flexibility index (Phi) is 6.48. The molecule has 1 atom stereocenters. The van der Waals surface area contributed by atoms with Crippen LogP contribution in [-0.4, -0.2) is 29.6 Å². The highest BCUT2D eigenvalue weighted by Gasteiger charge is 2.19. The highest BCUT2D eigenvalue weighted by Crippen LogP contribution is 2.14. The van der Waals surface area contributed by atoms with Gasteiger partial charge in [0.2, 0.25) is 5.91 Å². The number of hydrogen-bond donors (Lipinski definition) is 3. The predicted octanol–water partition coefficient (Wildman–Crippen LogP) is 2.37. The van der Waals surface area contributed by atoms with Crippen LogP contribution in [0, 0.1) is 5.92 Å². The van der Waals surface area contributed by atoms with Gasteiger partial charge in [-0.1, -0.05) is 31.5 Å².